The summed E-state index contributed by atoms with van der Waals surface area (Å²) in [4.78, 5) is 10.7. The first kappa shape index (κ1) is 13.7. The number of unbranched alkanes of at least 4 members (excludes halogenated alkanes) is 3. The zero-order valence-corrected chi connectivity index (χ0v) is 10.2. The highest BCUT2D eigenvalue weighted by Gasteiger charge is 2.08. The molecule has 1 unspecified atom stereocenters. The molecule has 17 heavy (non-hydrogen) atoms. The molecule has 0 aliphatic carbocycles. The van der Waals surface area contributed by atoms with Crippen molar-refractivity contribution in [3.8, 4) is 0 Å². The molecule has 0 aliphatic rings. The van der Waals surface area contributed by atoms with Crippen LogP contribution in [0.3, 0.4) is 0 Å². The summed E-state index contributed by atoms with van der Waals surface area (Å²) in [5.41, 5.74) is 1.05. The quantitative estimate of drug-likeness (QED) is 0.713. The van der Waals surface area contributed by atoms with Crippen molar-refractivity contribution in [2.24, 2.45) is 0 Å². The summed E-state index contributed by atoms with van der Waals surface area (Å²) in [5, 5.41) is 18.7. The fourth-order valence-electron chi connectivity index (χ4n) is 1.78. The Morgan fingerprint density at radius 3 is 2.35 bits per heavy atom. The molecular formula is C14H20O3. The van der Waals surface area contributed by atoms with Gasteiger partial charge in [-0.15, -0.1) is 0 Å². The number of rotatable bonds is 7. The van der Waals surface area contributed by atoms with Crippen molar-refractivity contribution in [1.29, 1.82) is 0 Å². The van der Waals surface area contributed by atoms with Crippen molar-refractivity contribution in [2.45, 2.75) is 45.1 Å². The van der Waals surface area contributed by atoms with Gasteiger partial charge in [0.05, 0.1) is 11.7 Å². The van der Waals surface area contributed by atoms with E-state index in [0.29, 0.717) is 0 Å². The number of carbonyl (C=O) groups is 1. The van der Waals surface area contributed by atoms with Gasteiger partial charge in [0.25, 0.3) is 0 Å². The van der Waals surface area contributed by atoms with Gasteiger partial charge in [-0.2, -0.15) is 0 Å². The van der Waals surface area contributed by atoms with Crippen LogP contribution in [-0.4, -0.2) is 16.2 Å². The largest absolute Gasteiger partial charge is 0.478 e. The molecule has 0 radical (unpaired) electrons. The number of aliphatic hydroxyl groups excluding tert-OH is 1. The van der Waals surface area contributed by atoms with Crippen LogP contribution in [0.1, 0.15) is 61.1 Å². The van der Waals surface area contributed by atoms with Crippen molar-refractivity contribution in [3.05, 3.63) is 35.4 Å². The Labute approximate surface area is 102 Å². The predicted octanol–water partition coefficient (Wildman–Crippen LogP) is 3.39. The van der Waals surface area contributed by atoms with Gasteiger partial charge in [-0.1, -0.05) is 44.7 Å². The van der Waals surface area contributed by atoms with E-state index in [0.717, 1.165) is 24.8 Å². The van der Waals surface area contributed by atoms with Gasteiger partial charge >= 0.3 is 5.97 Å². The average Bonchev–Trinajstić information content (AvgIpc) is 2.34. The van der Waals surface area contributed by atoms with Crippen LogP contribution in [0.25, 0.3) is 0 Å². The van der Waals surface area contributed by atoms with Crippen molar-refractivity contribution >= 4 is 5.97 Å². The Bertz CT molecular complexity index is 343. The molecule has 0 bridgehead atoms. The lowest BCUT2D eigenvalue weighted by Gasteiger charge is -2.10. The third-order valence-corrected chi connectivity index (χ3v) is 2.87. The van der Waals surface area contributed by atoms with Crippen molar-refractivity contribution < 1.29 is 15.0 Å². The second kappa shape index (κ2) is 7.07. The third-order valence-electron chi connectivity index (χ3n) is 2.87. The minimum Gasteiger partial charge on any atom is -0.478 e. The molecule has 0 amide bonds. The second-order valence-electron chi connectivity index (χ2n) is 4.29. The number of hydrogen-bond donors (Lipinski definition) is 2. The molecule has 1 aromatic rings. The monoisotopic (exact) mass is 236 g/mol. The summed E-state index contributed by atoms with van der Waals surface area (Å²) in [7, 11) is 0. The Morgan fingerprint density at radius 1 is 1.18 bits per heavy atom. The molecule has 94 valence electrons. The summed E-state index contributed by atoms with van der Waals surface area (Å²) < 4.78 is 0. The molecule has 0 heterocycles. The zero-order chi connectivity index (χ0) is 12.7. The second-order valence-corrected chi connectivity index (χ2v) is 4.29. The minimum absolute atomic E-state index is 0.256. The zero-order valence-electron chi connectivity index (χ0n) is 10.2. The van der Waals surface area contributed by atoms with E-state index in [1.54, 1.807) is 12.1 Å². The number of hydrogen-bond acceptors (Lipinski definition) is 2. The molecule has 1 atom stereocenters. The minimum atomic E-state index is -0.936. The van der Waals surface area contributed by atoms with Crippen LogP contribution < -0.4 is 0 Å². The number of aromatic carboxylic acids is 1. The van der Waals surface area contributed by atoms with Crippen LogP contribution >= 0.6 is 0 Å². The number of aliphatic hydroxyl groups is 1. The van der Waals surface area contributed by atoms with E-state index in [-0.39, 0.29) is 5.56 Å². The van der Waals surface area contributed by atoms with Crippen molar-refractivity contribution in [1.82, 2.24) is 0 Å². The van der Waals surface area contributed by atoms with E-state index in [9.17, 15) is 9.90 Å². The fraction of sp³-hybridized carbons (Fsp3) is 0.500. The lowest BCUT2D eigenvalue weighted by Crippen LogP contribution is -2.00. The highest BCUT2D eigenvalue weighted by atomic mass is 16.4. The Morgan fingerprint density at radius 2 is 1.82 bits per heavy atom. The molecule has 0 saturated heterocycles. The Kier molecular flexibility index (Phi) is 5.70. The Balaban J connectivity index is 2.46. The van der Waals surface area contributed by atoms with Crippen LogP contribution in [0.15, 0.2) is 24.3 Å². The summed E-state index contributed by atoms with van der Waals surface area (Å²) in [5.74, 6) is -0.936. The lowest BCUT2D eigenvalue weighted by molar-refractivity contribution is 0.0696. The molecule has 1 aromatic carbocycles. The van der Waals surface area contributed by atoms with Gasteiger partial charge < -0.3 is 10.2 Å². The average molecular weight is 236 g/mol. The van der Waals surface area contributed by atoms with Crippen LogP contribution in [0.5, 0.6) is 0 Å². The predicted molar refractivity (Wildman–Crippen MR) is 67.1 cm³/mol. The molecule has 2 N–H and O–H groups in total. The molecular weight excluding hydrogens is 216 g/mol. The maximum Gasteiger partial charge on any atom is 0.335 e. The fourth-order valence-corrected chi connectivity index (χ4v) is 1.78. The van der Waals surface area contributed by atoms with Gasteiger partial charge in [-0.05, 0) is 24.1 Å². The van der Waals surface area contributed by atoms with Crippen molar-refractivity contribution in [2.75, 3.05) is 0 Å². The molecule has 0 aliphatic heterocycles. The maximum atomic E-state index is 10.7. The van der Waals surface area contributed by atoms with Gasteiger partial charge in [0.15, 0.2) is 0 Å². The van der Waals surface area contributed by atoms with Crippen LogP contribution in [0, 0.1) is 0 Å². The lowest BCUT2D eigenvalue weighted by atomic mass is 10.0. The van der Waals surface area contributed by atoms with Gasteiger partial charge in [-0.3, -0.25) is 0 Å². The van der Waals surface area contributed by atoms with E-state index < -0.39 is 12.1 Å². The molecule has 3 heteroatoms. The third kappa shape index (κ3) is 4.57. The SMILES string of the molecule is CCCCCCC(O)c1ccc(C(=O)O)cc1. The summed E-state index contributed by atoms with van der Waals surface area (Å²) in [6.45, 7) is 2.15. The Hall–Kier alpha value is -1.35. The molecule has 3 nitrogen and oxygen atoms in total. The van der Waals surface area contributed by atoms with Crippen LogP contribution in [0.2, 0.25) is 0 Å². The van der Waals surface area contributed by atoms with Gasteiger partial charge in [0, 0.05) is 0 Å². The van der Waals surface area contributed by atoms with E-state index in [1.807, 2.05) is 0 Å². The maximum absolute atomic E-state index is 10.7. The van der Waals surface area contributed by atoms with Gasteiger partial charge in [0.1, 0.15) is 0 Å². The summed E-state index contributed by atoms with van der Waals surface area (Å²) in [6, 6.07) is 6.45. The smallest absolute Gasteiger partial charge is 0.335 e. The van der Waals surface area contributed by atoms with Crippen LogP contribution in [0.4, 0.5) is 0 Å². The van der Waals surface area contributed by atoms with Gasteiger partial charge in [-0.25, -0.2) is 4.79 Å². The number of carboxylic acid groups (broad SMARTS) is 1. The van der Waals surface area contributed by atoms with E-state index in [4.69, 9.17) is 5.11 Å². The number of benzene rings is 1. The first-order valence-electron chi connectivity index (χ1n) is 6.16. The van der Waals surface area contributed by atoms with E-state index >= 15 is 0 Å². The highest BCUT2D eigenvalue weighted by Crippen LogP contribution is 2.20. The molecule has 1 rings (SSSR count). The van der Waals surface area contributed by atoms with Crippen molar-refractivity contribution in [3.63, 3.8) is 0 Å². The summed E-state index contributed by atoms with van der Waals surface area (Å²) in [6.07, 6.45) is 4.80. The van der Waals surface area contributed by atoms with E-state index in [1.165, 1.54) is 25.0 Å². The molecule has 0 spiro atoms. The first-order chi connectivity index (χ1) is 8.15. The van der Waals surface area contributed by atoms with Gasteiger partial charge in [0.2, 0.25) is 0 Å². The number of carboxylic acids is 1. The first-order valence-corrected chi connectivity index (χ1v) is 6.16. The topological polar surface area (TPSA) is 57.5 Å². The standard InChI is InChI=1S/C14H20O3/c1-2-3-4-5-6-13(15)11-7-9-12(10-8-11)14(16)17/h7-10,13,15H,2-6H2,1H3,(H,16,17). The van der Waals surface area contributed by atoms with E-state index in [2.05, 4.69) is 6.92 Å². The molecule has 0 aromatic heterocycles. The molecule has 0 fully saturated rings. The summed E-state index contributed by atoms with van der Waals surface area (Å²) >= 11 is 0. The molecule has 0 saturated carbocycles. The normalized spacial score (nSPS) is 12.4. The van der Waals surface area contributed by atoms with Crippen LogP contribution in [-0.2, 0) is 0 Å². The highest BCUT2D eigenvalue weighted by molar-refractivity contribution is 5.87.